The minimum atomic E-state index is -0.141. The van der Waals surface area contributed by atoms with Crippen LogP contribution in [0.2, 0.25) is 0 Å². The highest BCUT2D eigenvalue weighted by Crippen LogP contribution is 2.26. The Hall–Kier alpha value is -1.59. The van der Waals surface area contributed by atoms with Crippen LogP contribution in [0.1, 0.15) is 120 Å². The van der Waals surface area contributed by atoms with E-state index in [-0.39, 0.29) is 11.5 Å². The monoisotopic (exact) mass is 501 g/mol. The summed E-state index contributed by atoms with van der Waals surface area (Å²) in [6, 6.07) is 7.77. The maximum Gasteiger partial charge on any atom is 0.251 e. The zero-order valence-corrected chi connectivity index (χ0v) is 23.7. The van der Waals surface area contributed by atoms with Crippen LogP contribution in [0.25, 0.3) is 0 Å². The molecular weight excluding hydrogens is 446 g/mol. The number of anilines is 1. The van der Waals surface area contributed by atoms with Gasteiger partial charge in [-0.05, 0) is 37.1 Å². The van der Waals surface area contributed by atoms with Gasteiger partial charge in [-0.25, -0.2) is 0 Å². The number of carbonyl (C=O) groups is 1. The van der Waals surface area contributed by atoms with E-state index in [1.807, 2.05) is 43.3 Å². The number of unbranched alkanes of at least 4 members (excludes halogenated alkanes) is 13. The van der Waals surface area contributed by atoms with Crippen molar-refractivity contribution < 1.29 is 9.53 Å². The molecule has 1 heterocycles. The molecule has 2 N–H and O–H groups in total. The molecule has 0 aromatic heterocycles. The Morgan fingerprint density at radius 2 is 1.42 bits per heavy atom. The van der Waals surface area contributed by atoms with Crippen LogP contribution in [0, 0.1) is 0 Å². The number of nitrogens with one attached hydrogen (secondary N) is 2. The van der Waals surface area contributed by atoms with Crippen LogP contribution in [-0.4, -0.2) is 51.8 Å². The lowest BCUT2D eigenvalue weighted by molar-refractivity contribution is -0.0769. The molecule has 1 aromatic rings. The highest BCUT2D eigenvalue weighted by atomic mass is 16.5. The second kappa shape index (κ2) is 18.6. The van der Waals surface area contributed by atoms with Crippen LogP contribution in [0.5, 0.6) is 0 Å². The van der Waals surface area contributed by atoms with Gasteiger partial charge in [-0.15, -0.1) is 0 Å². The molecule has 1 aliphatic rings. The number of hydrogen-bond donors (Lipinski definition) is 2. The van der Waals surface area contributed by atoms with E-state index in [1.54, 1.807) is 0 Å². The van der Waals surface area contributed by atoms with Gasteiger partial charge in [0.05, 0.1) is 12.2 Å². The maximum absolute atomic E-state index is 12.6. The third-order valence-corrected chi connectivity index (χ3v) is 7.63. The molecule has 0 aliphatic carbocycles. The zero-order chi connectivity index (χ0) is 25.9. The van der Waals surface area contributed by atoms with Crippen LogP contribution in [0.4, 0.5) is 5.69 Å². The Morgan fingerprint density at radius 3 is 1.92 bits per heavy atom. The Morgan fingerprint density at radius 1 is 0.861 bits per heavy atom. The zero-order valence-electron chi connectivity index (χ0n) is 23.7. The van der Waals surface area contributed by atoms with Crippen LogP contribution < -0.4 is 15.5 Å². The average Bonchev–Trinajstić information content (AvgIpc) is 2.89. The quantitative estimate of drug-likeness (QED) is 0.187. The van der Waals surface area contributed by atoms with E-state index < -0.39 is 0 Å². The molecule has 1 saturated heterocycles. The maximum atomic E-state index is 12.6. The van der Waals surface area contributed by atoms with E-state index in [1.165, 1.54) is 89.9 Å². The molecule has 5 heteroatoms. The van der Waals surface area contributed by atoms with Gasteiger partial charge >= 0.3 is 0 Å². The molecule has 0 spiro atoms. The highest BCUT2D eigenvalue weighted by molar-refractivity contribution is 5.94. The third-order valence-electron chi connectivity index (χ3n) is 7.63. The van der Waals surface area contributed by atoms with Crippen LogP contribution in [0.3, 0.4) is 0 Å². The topological polar surface area (TPSA) is 53.6 Å². The fraction of sp³-hybridized carbons (Fsp3) is 0.774. The first-order chi connectivity index (χ1) is 17.6. The Labute approximate surface area is 222 Å². The number of hydrogen-bond acceptors (Lipinski definition) is 4. The lowest BCUT2D eigenvalue weighted by Crippen LogP contribution is -2.51. The number of ether oxygens (including phenoxy) is 1. The molecule has 1 amide bonds. The molecule has 1 atom stereocenters. The molecule has 2 rings (SSSR count). The van der Waals surface area contributed by atoms with Crippen molar-refractivity contribution >= 4 is 11.6 Å². The van der Waals surface area contributed by atoms with Crippen molar-refractivity contribution in [3.05, 3.63) is 29.8 Å². The number of nitrogens with zero attached hydrogens (tertiary/aromatic N) is 1. The van der Waals surface area contributed by atoms with Crippen LogP contribution in [0.15, 0.2) is 24.3 Å². The van der Waals surface area contributed by atoms with Crippen molar-refractivity contribution in [2.45, 2.75) is 115 Å². The van der Waals surface area contributed by atoms with Gasteiger partial charge in [0.1, 0.15) is 0 Å². The lowest BCUT2D eigenvalue weighted by Gasteiger charge is -2.38. The van der Waals surface area contributed by atoms with Crippen LogP contribution in [-0.2, 0) is 4.74 Å². The first-order valence-corrected chi connectivity index (χ1v) is 15.0. The molecule has 1 aliphatic heterocycles. The van der Waals surface area contributed by atoms with Crippen molar-refractivity contribution in [3.8, 4) is 0 Å². The minimum Gasteiger partial charge on any atom is -0.378 e. The summed E-state index contributed by atoms with van der Waals surface area (Å²) in [7, 11) is 4.01. The molecule has 1 aromatic carbocycles. The fourth-order valence-electron chi connectivity index (χ4n) is 5.21. The molecule has 0 saturated carbocycles. The molecule has 5 nitrogen and oxygen atoms in total. The Bertz CT molecular complexity index is 684. The smallest absolute Gasteiger partial charge is 0.251 e. The van der Waals surface area contributed by atoms with Gasteiger partial charge in [-0.1, -0.05) is 96.8 Å². The summed E-state index contributed by atoms with van der Waals surface area (Å²) < 4.78 is 6.29. The van der Waals surface area contributed by atoms with Gasteiger partial charge in [0.2, 0.25) is 0 Å². The first kappa shape index (κ1) is 30.6. The summed E-state index contributed by atoms with van der Waals surface area (Å²) in [5, 5.41) is 6.63. The predicted molar refractivity (Wildman–Crippen MR) is 154 cm³/mol. The summed E-state index contributed by atoms with van der Waals surface area (Å²) in [4.78, 5) is 14.6. The van der Waals surface area contributed by atoms with Crippen molar-refractivity contribution in [1.82, 2.24) is 10.6 Å². The fourth-order valence-corrected chi connectivity index (χ4v) is 5.21. The minimum absolute atomic E-state index is 0.00396. The average molecular weight is 502 g/mol. The van der Waals surface area contributed by atoms with Gasteiger partial charge in [0.15, 0.2) is 0 Å². The number of benzene rings is 1. The summed E-state index contributed by atoms with van der Waals surface area (Å²) in [6.07, 6.45) is 21.3. The van der Waals surface area contributed by atoms with E-state index in [0.717, 1.165) is 38.2 Å². The van der Waals surface area contributed by atoms with Crippen molar-refractivity contribution in [2.75, 3.05) is 45.2 Å². The van der Waals surface area contributed by atoms with Gasteiger partial charge < -0.3 is 20.3 Å². The van der Waals surface area contributed by atoms with Gasteiger partial charge in [-0.2, -0.15) is 0 Å². The van der Waals surface area contributed by atoms with Crippen molar-refractivity contribution in [1.29, 1.82) is 0 Å². The molecule has 1 unspecified atom stereocenters. The normalized spacial score (nSPS) is 17.8. The molecule has 206 valence electrons. The highest BCUT2D eigenvalue weighted by Gasteiger charge is 2.32. The standard InChI is InChI=1S/C31H55N3O2/c1-4-5-6-7-8-9-10-11-12-13-14-15-16-17-22-31(27-32-25-26-36-31)23-24-33-30(35)28-18-20-29(21-19-28)34(2)3/h18-21,32H,4-17,22-27H2,1-3H3,(H,33,35). The van der Waals surface area contributed by atoms with Crippen molar-refractivity contribution in [2.24, 2.45) is 0 Å². The largest absolute Gasteiger partial charge is 0.378 e. The van der Waals surface area contributed by atoms with Gasteiger partial charge in [-0.3, -0.25) is 4.79 Å². The molecular formula is C31H55N3O2. The summed E-state index contributed by atoms with van der Waals surface area (Å²) in [6.45, 7) is 5.51. The third kappa shape index (κ3) is 12.6. The first-order valence-electron chi connectivity index (χ1n) is 15.0. The van der Waals surface area contributed by atoms with E-state index >= 15 is 0 Å². The molecule has 36 heavy (non-hydrogen) atoms. The predicted octanol–water partition coefficient (Wildman–Crippen LogP) is 7.10. The number of carbonyl (C=O) groups excluding carboxylic acids is 1. The van der Waals surface area contributed by atoms with Gasteiger partial charge in [0.25, 0.3) is 5.91 Å². The number of amides is 1. The van der Waals surface area contributed by atoms with E-state index in [0.29, 0.717) is 12.1 Å². The Balaban J connectivity index is 1.56. The molecule has 0 bridgehead atoms. The number of rotatable bonds is 20. The van der Waals surface area contributed by atoms with Crippen molar-refractivity contribution in [3.63, 3.8) is 0 Å². The second-order valence-electron chi connectivity index (χ2n) is 11.0. The van der Waals surface area contributed by atoms with Gasteiger partial charge in [0, 0.05) is 45.0 Å². The lowest BCUT2D eigenvalue weighted by atomic mass is 9.90. The number of morpholine rings is 1. The van der Waals surface area contributed by atoms with E-state index in [9.17, 15) is 4.79 Å². The molecule has 0 radical (unpaired) electrons. The molecule has 1 fully saturated rings. The SMILES string of the molecule is CCCCCCCCCCCCCCCCC1(CCNC(=O)c2ccc(N(C)C)cc2)CNCCO1. The second-order valence-corrected chi connectivity index (χ2v) is 11.0. The summed E-state index contributed by atoms with van der Waals surface area (Å²) >= 11 is 0. The summed E-state index contributed by atoms with van der Waals surface area (Å²) in [5.41, 5.74) is 1.67. The Kier molecular flexibility index (Phi) is 15.8. The summed E-state index contributed by atoms with van der Waals surface area (Å²) in [5.74, 6) is -0.00396. The van der Waals surface area contributed by atoms with Crippen LogP contribution >= 0.6 is 0 Å². The van der Waals surface area contributed by atoms with E-state index in [2.05, 4.69) is 17.6 Å². The van der Waals surface area contributed by atoms with E-state index in [4.69, 9.17) is 4.74 Å².